The molecule has 1 saturated carbocycles. The molecule has 2 bridgehead atoms. The first-order valence-electron chi connectivity index (χ1n) is 8.23. The molecular formula is C17H22N2O4S. The van der Waals surface area contributed by atoms with Crippen molar-refractivity contribution >= 4 is 21.1 Å². The number of sulfonamides is 1. The molecule has 1 N–H and O–H groups in total. The number of nitrogens with zero attached hydrogens (tertiary/aromatic N) is 1. The largest absolute Gasteiger partial charge is 0.417 e. The highest BCUT2D eigenvalue weighted by Crippen LogP contribution is 2.53. The average Bonchev–Trinajstić information content (AvgIpc) is 2.92. The third-order valence-electron chi connectivity index (χ3n) is 5.37. The topological polar surface area (TPSA) is 83.4 Å². The van der Waals surface area contributed by atoms with Crippen LogP contribution in [0.2, 0.25) is 0 Å². The van der Waals surface area contributed by atoms with Crippen LogP contribution < -0.4 is 5.76 Å². The number of aromatic amines is 1. The molecule has 2 atom stereocenters. The van der Waals surface area contributed by atoms with Crippen LogP contribution in [0.4, 0.5) is 0 Å². The lowest BCUT2D eigenvalue weighted by molar-refractivity contribution is 0.133. The van der Waals surface area contributed by atoms with E-state index in [9.17, 15) is 13.2 Å². The number of oxazole rings is 1. The van der Waals surface area contributed by atoms with Crippen molar-refractivity contribution in [1.29, 1.82) is 0 Å². The molecule has 1 aliphatic heterocycles. The highest BCUT2D eigenvalue weighted by atomic mass is 32.2. The van der Waals surface area contributed by atoms with E-state index in [-0.39, 0.29) is 27.4 Å². The van der Waals surface area contributed by atoms with E-state index in [0.29, 0.717) is 12.1 Å². The number of hydrogen-bond donors (Lipinski definition) is 1. The van der Waals surface area contributed by atoms with Crippen LogP contribution >= 0.6 is 0 Å². The molecule has 1 aromatic carbocycles. The van der Waals surface area contributed by atoms with Gasteiger partial charge in [0.2, 0.25) is 10.0 Å². The van der Waals surface area contributed by atoms with Gasteiger partial charge in [-0.3, -0.25) is 4.98 Å². The molecule has 0 radical (unpaired) electrons. The maximum Gasteiger partial charge on any atom is 0.417 e. The third kappa shape index (κ3) is 2.41. The van der Waals surface area contributed by atoms with Gasteiger partial charge in [0.1, 0.15) is 0 Å². The van der Waals surface area contributed by atoms with Gasteiger partial charge in [-0.1, -0.05) is 20.8 Å². The SMILES string of the molecule is CC1(C)C[C@H]2C[C@](C)(CN2S(=O)(=O)c2ccc3[nH]c(=O)oc3c2)C1. The van der Waals surface area contributed by atoms with Crippen LogP contribution in [0.1, 0.15) is 40.0 Å². The lowest BCUT2D eigenvalue weighted by Gasteiger charge is -2.39. The first kappa shape index (κ1) is 15.9. The lowest BCUT2D eigenvalue weighted by atomic mass is 9.65. The van der Waals surface area contributed by atoms with Gasteiger partial charge in [0.05, 0.1) is 10.4 Å². The molecular weight excluding hydrogens is 328 g/mol. The normalized spacial score (nSPS) is 30.0. The van der Waals surface area contributed by atoms with Gasteiger partial charge in [-0.2, -0.15) is 4.31 Å². The highest BCUT2D eigenvalue weighted by Gasteiger charge is 2.53. The van der Waals surface area contributed by atoms with E-state index >= 15 is 0 Å². The summed E-state index contributed by atoms with van der Waals surface area (Å²) in [5.74, 6) is -0.578. The number of nitrogens with one attached hydrogen (secondary N) is 1. The molecule has 1 saturated heterocycles. The number of hydrogen-bond acceptors (Lipinski definition) is 4. The summed E-state index contributed by atoms with van der Waals surface area (Å²) in [6.07, 6.45) is 2.83. The molecule has 24 heavy (non-hydrogen) atoms. The standard InChI is InChI=1S/C17H22N2O4S/c1-16(2)7-11-8-17(3,9-16)10-19(11)24(21,22)12-4-5-13-14(6-12)23-15(20)18-13/h4-6,11H,7-10H2,1-3H3,(H,18,20)/t11-,17-/m0/s1. The van der Waals surface area contributed by atoms with Gasteiger partial charge in [-0.05, 0) is 42.2 Å². The van der Waals surface area contributed by atoms with Gasteiger partial charge >= 0.3 is 5.76 Å². The van der Waals surface area contributed by atoms with E-state index < -0.39 is 15.8 Å². The number of aromatic nitrogens is 1. The molecule has 6 nitrogen and oxygen atoms in total. The van der Waals surface area contributed by atoms with Gasteiger partial charge in [-0.15, -0.1) is 0 Å². The second-order valence-corrected chi connectivity index (χ2v) is 10.3. The van der Waals surface area contributed by atoms with Crippen molar-refractivity contribution in [1.82, 2.24) is 9.29 Å². The van der Waals surface area contributed by atoms with Crippen LogP contribution in [0.25, 0.3) is 11.1 Å². The van der Waals surface area contributed by atoms with E-state index in [0.717, 1.165) is 19.3 Å². The second-order valence-electron chi connectivity index (χ2n) is 8.44. The van der Waals surface area contributed by atoms with E-state index in [4.69, 9.17) is 4.42 Å². The van der Waals surface area contributed by atoms with Gasteiger partial charge in [0, 0.05) is 18.7 Å². The summed E-state index contributed by atoms with van der Waals surface area (Å²) >= 11 is 0. The predicted molar refractivity (Wildman–Crippen MR) is 90.3 cm³/mol. The quantitative estimate of drug-likeness (QED) is 0.903. The first-order chi connectivity index (χ1) is 11.1. The summed E-state index contributed by atoms with van der Waals surface area (Å²) in [6, 6.07) is 4.61. The Morgan fingerprint density at radius 3 is 2.75 bits per heavy atom. The zero-order valence-electron chi connectivity index (χ0n) is 14.1. The molecule has 2 fully saturated rings. The smallest absolute Gasteiger partial charge is 0.408 e. The summed E-state index contributed by atoms with van der Waals surface area (Å²) in [7, 11) is -3.61. The van der Waals surface area contributed by atoms with Gasteiger partial charge < -0.3 is 4.42 Å². The summed E-state index contributed by atoms with van der Waals surface area (Å²) in [4.78, 5) is 14.0. The second kappa shape index (κ2) is 4.73. The predicted octanol–water partition coefficient (Wildman–Crippen LogP) is 2.71. The Labute approximate surface area is 140 Å². The van der Waals surface area contributed by atoms with Gasteiger partial charge in [0.25, 0.3) is 0 Å². The fourth-order valence-electron chi connectivity index (χ4n) is 4.91. The minimum Gasteiger partial charge on any atom is -0.408 e. The first-order valence-corrected chi connectivity index (χ1v) is 9.67. The zero-order chi connectivity index (χ0) is 17.3. The molecule has 2 aromatic rings. The van der Waals surface area contributed by atoms with E-state index in [1.54, 1.807) is 16.4 Å². The Morgan fingerprint density at radius 1 is 1.25 bits per heavy atom. The van der Waals surface area contributed by atoms with Crippen molar-refractivity contribution in [3.05, 3.63) is 28.7 Å². The summed E-state index contributed by atoms with van der Waals surface area (Å²) < 4.78 is 33.0. The van der Waals surface area contributed by atoms with Crippen molar-refractivity contribution in [3.63, 3.8) is 0 Å². The number of benzene rings is 1. The molecule has 0 amide bonds. The van der Waals surface area contributed by atoms with Gasteiger partial charge in [0.15, 0.2) is 5.58 Å². The summed E-state index contributed by atoms with van der Waals surface area (Å²) in [5.41, 5.74) is 0.964. The zero-order valence-corrected chi connectivity index (χ0v) is 14.9. The van der Waals surface area contributed by atoms with Gasteiger partial charge in [-0.25, -0.2) is 13.2 Å². The van der Waals surface area contributed by atoms with Crippen LogP contribution in [0.3, 0.4) is 0 Å². The Kier molecular flexibility index (Phi) is 3.13. The molecule has 1 aliphatic carbocycles. The Hall–Kier alpha value is -1.60. The summed E-state index contributed by atoms with van der Waals surface area (Å²) in [6.45, 7) is 7.17. The maximum absolute atomic E-state index is 13.2. The van der Waals surface area contributed by atoms with E-state index in [2.05, 4.69) is 25.8 Å². The fraction of sp³-hybridized carbons (Fsp3) is 0.588. The van der Waals surface area contributed by atoms with Crippen LogP contribution in [0.15, 0.2) is 32.3 Å². The summed E-state index contributed by atoms with van der Waals surface area (Å²) in [5, 5.41) is 0. The van der Waals surface area contributed by atoms with Crippen molar-refractivity contribution in [2.45, 2.75) is 51.0 Å². The van der Waals surface area contributed by atoms with Crippen molar-refractivity contribution in [3.8, 4) is 0 Å². The van der Waals surface area contributed by atoms with Crippen LogP contribution in [-0.2, 0) is 10.0 Å². The Morgan fingerprint density at radius 2 is 2.00 bits per heavy atom. The van der Waals surface area contributed by atoms with Crippen molar-refractivity contribution in [2.24, 2.45) is 10.8 Å². The molecule has 2 aliphatic rings. The van der Waals surface area contributed by atoms with Crippen molar-refractivity contribution in [2.75, 3.05) is 6.54 Å². The number of H-pyrrole nitrogens is 1. The molecule has 7 heteroatoms. The third-order valence-corrected chi connectivity index (χ3v) is 7.26. The monoisotopic (exact) mass is 350 g/mol. The molecule has 2 heterocycles. The Bertz CT molecular complexity index is 972. The minimum atomic E-state index is -3.61. The Balaban J connectivity index is 1.75. The van der Waals surface area contributed by atoms with Crippen molar-refractivity contribution < 1.29 is 12.8 Å². The fourth-order valence-corrected chi connectivity index (χ4v) is 6.70. The molecule has 1 aromatic heterocycles. The van der Waals surface area contributed by atoms with Crippen LogP contribution in [0, 0.1) is 10.8 Å². The maximum atomic E-state index is 13.2. The van der Waals surface area contributed by atoms with Crippen LogP contribution in [-0.4, -0.2) is 30.3 Å². The molecule has 4 rings (SSSR count). The number of rotatable bonds is 2. The number of fused-ring (bicyclic) bond motifs is 3. The van der Waals surface area contributed by atoms with E-state index in [1.165, 1.54) is 6.07 Å². The molecule has 0 unspecified atom stereocenters. The highest BCUT2D eigenvalue weighted by molar-refractivity contribution is 7.89. The molecule has 130 valence electrons. The lowest BCUT2D eigenvalue weighted by Crippen LogP contribution is -2.37. The average molecular weight is 350 g/mol. The minimum absolute atomic E-state index is 0.0320. The van der Waals surface area contributed by atoms with E-state index in [1.807, 2.05) is 0 Å². The molecule has 0 spiro atoms. The van der Waals surface area contributed by atoms with Crippen LogP contribution in [0.5, 0.6) is 0 Å².